The lowest BCUT2D eigenvalue weighted by molar-refractivity contribution is 0.393. The topological polar surface area (TPSA) is 69.9 Å². The van der Waals surface area contributed by atoms with E-state index in [2.05, 4.69) is 15.2 Å². The molecule has 0 N–H and O–H groups in total. The average Bonchev–Trinajstić information content (AvgIpc) is 3.17. The van der Waals surface area contributed by atoms with Gasteiger partial charge in [-0.25, -0.2) is 0 Å². The summed E-state index contributed by atoms with van der Waals surface area (Å²) >= 11 is 0. The van der Waals surface area contributed by atoms with E-state index in [1.165, 1.54) is 0 Å². The fourth-order valence-corrected chi connectivity index (χ4v) is 2.68. The van der Waals surface area contributed by atoms with Gasteiger partial charge in [0.05, 0.1) is 17.5 Å². The molecule has 4 aromatic heterocycles. The first kappa shape index (κ1) is 12.8. The van der Waals surface area contributed by atoms with Gasteiger partial charge in [0.15, 0.2) is 5.58 Å². The number of rotatable bonds is 2. The van der Waals surface area contributed by atoms with Crippen LogP contribution < -0.4 is 0 Å². The van der Waals surface area contributed by atoms with E-state index < -0.39 is 0 Å². The highest BCUT2D eigenvalue weighted by Gasteiger charge is 2.18. The molecular weight excluding hydrogens is 280 g/mol. The summed E-state index contributed by atoms with van der Waals surface area (Å²) in [5.74, 6) is 1.45. The molecule has 0 fully saturated rings. The summed E-state index contributed by atoms with van der Waals surface area (Å²) in [5, 5.41) is 8.19. The number of hydrogen-bond acceptors (Lipinski definition) is 5. The van der Waals surface area contributed by atoms with Gasteiger partial charge in [0.25, 0.3) is 0 Å². The highest BCUT2D eigenvalue weighted by atomic mass is 16.5. The fourth-order valence-electron chi connectivity index (χ4n) is 2.68. The van der Waals surface area contributed by atoms with E-state index in [-0.39, 0.29) is 0 Å². The van der Waals surface area contributed by atoms with Gasteiger partial charge >= 0.3 is 0 Å². The third kappa shape index (κ3) is 1.84. The first-order chi connectivity index (χ1) is 10.6. The van der Waals surface area contributed by atoms with Crippen molar-refractivity contribution in [3.8, 4) is 22.5 Å². The lowest BCUT2D eigenvalue weighted by atomic mass is 10.1. The highest BCUT2D eigenvalue weighted by Crippen LogP contribution is 2.35. The molecule has 0 aliphatic rings. The molecular formula is C16H14N4O2. The first-order valence-corrected chi connectivity index (χ1v) is 6.94. The molecule has 0 unspecified atom stereocenters. The van der Waals surface area contributed by atoms with Crippen molar-refractivity contribution >= 4 is 11.1 Å². The number of furan rings is 1. The molecule has 0 bridgehead atoms. The van der Waals surface area contributed by atoms with Crippen LogP contribution in [0.2, 0.25) is 0 Å². The third-order valence-corrected chi connectivity index (χ3v) is 3.71. The molecule has 0 aliphatic carbocycles. The number of nitrogens with zero attached hydrogens (tertiary/aromatic N) is 4. The molecule has 4 rings (SSSR count). The van der Waals surface area contributed by atoms with E-state index in [0.29, 0.717) is 0 Å². The number of aryl methyl sites for hydroxylation is 3. The van der Waals surface area contributed by atoms with Gasteiger partial charge in [-0.05, 0) is 19.9 Å². The first-order valence-electron chi connectivity index (χ1n) is 6.94. The number of hydrogen-bond donors (Lipinski definition) is 0. The Balaban J connectivity index is 1.95. The van der Waals surface area contributed by atoms with Crippen LogP contribution in [-0.4, -0.2) is 19.9 Å². The standard InChI is InChI=1S/C16H14N4O2/c1-9-15(10(2)22-19-9)14-6-13-16(21-14)12(4-5-17-13)11-7-18-20(3)8-11/h4-8H,1-3H3. The Morgan fingerprint density at radius 2 is 2.09 bits per heavy atom. The van der Waals surface area contributed by atoms with Gasteiger partial charge in [-0.2, -0.15) is 5.10 Å². The number of aromatic nitrogens is 4. The van der Waals surface area contributed by atoms with Gasteiger partial charge in [0.2, 0.25) is 0 Å². The maximum atomic E-state index is 6.07. The van der Waals surface area contributed by atoms with Gasteiger partial charge < -0.3 is 8.94 Å². The zero-order valence-corrected chi connectivity index (χ0v) is 12.5. The van der Waals surface area contributed by atoms with E-state index in [4.69, 9.17) is 8.94 Å². The van der Waals surface area contributed by atoms with Crippen LogP contribution in [0.1, 0.15) is 11.5 Å². The molecule has 22 heavy (non-hydrogen) atoms. The van der Waals surface area contributed by atoms with Gasteiger partial charge in [-0.3, -0.25) is 9.67 Å². The van der Waals surface area contributed by atoms with Crippen LogP contribution in [0.25, 0.3) is 33.6 Å². The van der Waals surface area contributed by atoms with Crippen molar-refractivity contribution in [1.82, 2.24) is 19.9 Å². The summed E-state index contributed by atoms with van der Waals surface area (Å²) in [4.78, 5) is 4.39. The smallest absolute Gasteiger partial charge is 0.161 e. The molecule has 0 amide bonds. The second-order valence-corrected chi connectivity index (χ2v) is 5.29. The average molecular weight is 294 g/mol. The van der Waals surface area contributed by atoms with Crippen molar-refractivity contribution in [2.75, 3.05) is 0 Å². The van der Waals surface area contributed by atoms with E-state index in [1.54, 1.807) is 10.9 Å². The quantitative estimate of drug-likeness (QED) is 0.566. The molecule has 6 nitrogen and oxygen atoms in total. The molecule has 0 atom stereocenters. The Morgan fingerprint density at radius 1 is 1.23 bits per heavy atom. The largest absolute Gasteiger partial charge is 0.454 e. The maximum Gasteiger partial charge on any atom is 0.161 e. The summed E-state index contributed by atoms with van der Waals surface area (Å²) in [6, 6.07) is 3.85. The van der Waals surface area contributed by atoms with E-state index in [1.807, 2.05) is 45.4 Å². The molecule has 0 radical (unpaired) electrons. The summed E-state index contributed by atoms with van der Waals surface area (Å²) in [6.45, 7) is 3.77. The summed E-state index contributed by atoms with van der Waals surface area (Å²) in [6.07, 6.45) is 5.54. The van der Waals surface area contributed by atoms with E-state index >= 15 is 0 Å². The Kier molecular flexibility index (Phi) is 2.66. The second-order valence-electron chi connectivity index (χ2n) is 5.29. The molecule has 0 saturated carbocycles. The Hall–Kier alpha value is -2.89. The van der Waals surface area contributed by atoms with Crippen molar-refractivity contribution in [3.05, 3.63) is 42.2 Å². The van der Waals surface area contributed by atoms with Crippen LogP contribution in [0.15, 0.2) is 39.7 Å². The summed E-state index contributed by atoms with van der Waals surface area (Å²) < 4.78 is 13.1. The number of pyridine rings is 1. The molecule has 6 heteroatoms. The summed E-state index contributed by atoms with van der Waals surface area (Å²) in [5.41, 5.74) is 5.20. The van der Waals surface area contributed by atoms with Crippen molar-refractivity contribution in [1.29, 1.82) is 0 Å². The van der Waals surface area contributed by atoms with Crippen LogP contribution in [0.4, 0.5) is 0 Å². The van der Waals surface area contributed by atoms with Crippen molar-refractivity contribution < 1.29 is 8.94 Å². The lowest BCUT2D eigenvalue weighted by Gasteiger charge is -1.98. The van der Waals surface area contributed by atoms with Gasteiger partial charge in [0.1, 0.15) is 17.0 Å². The SMILES string of the molecule is Cc1noc(C)c1-c1cc2nccc(-c3cnn(C)c3)c2o1. The minimum atomic E-state index is 0.718. The van der Waals surface area contributed by atoms with Crippen LogP contribution in [0.5, 0.6) is 0 Å². The lowest BCUT2D eigenvalue weighted by Crippen LogP contribution is -1.84. The van der Waals surface area contributed by atoms with Gasteiger partial charge in [-0.1, -0.05) is 5.16 Å². The van der Waals surface area contributed by atoms with E-state index in [9.17, 15) is 0 Å². The van der Waals surface area contributed by atoms with Crippen LogP contribution in [0.3, 0.4) is 0 Å². The minimum absolute atomic E-state index is 0.718. The summed E-state index contributed by atoms with van der Waals surface area (Å²) in [7, 11) is 1.89. The Bertz CT molecular complexity index is 958. The second kappa shape index (κ2) is 4.56. The molecule has 0 saturated heterocycles. The number of fused-ring (bicyclic) bond motifs is 1. The molecule has 0 aromatic carbocycles. The van der Waals surface area contributed by atoms with Gasteiger partial charge in [-0.15, -0.1) is 0 Å². The third-order valence-electron chi connectivity index (χ3n) is 3.71. The normalized spacial score (nSPS) is 11.4. The molecule has 0 aliphatic heterocycles. The highest BCUT2D eigenvalue weighted by molar-refractivity contribution is 5.92. The zero-order chi connectivity index (χ0) is 15.3. The fraction of sp³-hybridized carbons (Fsp3) is 0.188. The Morgan fingerprint density at radius 3 is 2.77 bits per heavy atom. The van der Waals surface area contributed by atoms with Crippen LogP contribution in [0, 0.1) is 13.8 Å². The zero-order valence-electron chi connectivity index (χ0n) is 12.5. The molecule has 0 spiro atoms. The molecule has 4 heterocycles. The molecule has 110 valence electrons. The van der Waals surface area contributed by atoms with E-state index in [0.717, 1.165) is 45.0 Å². The Labute approximate surface area is 126 Å². The van der Waals surface area contributed by atoms with Crippen molar-refractivity contribution in [2.24, 2.45) is 7.05 Å². The van der Waals surface area contributed by atoms with Crippen LogP contribution >= 0.6 is 0 Å². The molecule has 4 aromatic rings. The maximum absolute atomic E-state index is 6.07. The van der Waals surface area contributed by atoms with Crippen molar-refractivity contribution in [2.45, 2.75) is 13.8 Å². The predicted molar refractivity (Wildman–Crippen MR) is 81.2 cm³/mol. The van der Waals surface area contributed by atoms with Gasteiger partial charge in [0, 0.05) is 36.6 Å². The van der Waals surface area contributed by atoms with Crippen molar-refractivity contribution in [3.63, 3.8) is 0 Å². The minimum Gasteiger partial charge on any atom is -0.454 e. The monoisotopic (exact) mass is 294 g/mol. The van der Waals surface area contributed by atoms with Crippen LogP contribution in [-0.2, 0) is 7.05 Å². The predicted octanol–water partition coefficient (Wildman–Crippen LogP) is 3.50.